The minimum Gasteiger partial charge on any atom is -0.480 e. The van der Waals surface area contributed by atoms with Crippen LogP contribution in [0, 0.1) is 18.2 Å². The summed E-state index contributed by atoms with van der Waals surface area (Å²) in [7, 11) is 0. The fourth-order valence-electron chi connectivity index (χ4n) is 0.707. The van der Waals surface area contributed by atoms with Gasteiger partial charge in [0.05, 0.1) is 4.47 Å². The lowest BCUT2D eigenvalue weighted by Gasteiger charge is -2.03. The van der Waals surface area contributed by atoms with Crippen LogP contribution in [-0.4, -0.2) is 6.61 Å². The first-order valence-corrected chi connectivity index (χ1v) is 4.04. The highest BCUT2D eigenvalue weighted by Gasteiger charge is 2.00. The second kappa shape index (κ2) is 4.13. The zero-order chi connectivity index (χ0) is 8.97. The molecule has 0 amide bonds. The normalized spacial score (nSPS) is 9.08. The lowest BCUT2D eigenvalue weighted by atomic mass is 10.3. The van der Waals surface area contributed by atoms with Crippen LogP contribution >= 0.6 is 15.9 Å². The summed E-state index contributed by atoms with van der Waals surface area (Å²) in [6.45, 7) is 0.141. The molecule has 1 rings (SSSR count). The van der Waals surface area contributed by atoms with Gasteiger partial charge in [-0.05, 0) is 28.1 Å². The number of benzene rings is 1. The van der Waals surface area contributed by atoms with E-state index in [9.17, 15) is 4.39 Å². The van der Waals surface area contributed by atoms with E-state index in [1.807, 2.05) is 0 Å². The van der Waals surface area contributed by atoms with Crippen LogP contribution in [0.5, 0.6) is 5.75 Å². The van der Waals surface area contributed by atoms with Crippen molar-refractivity contribution in [1.82, 2.24) is 0 Å². The smallest absolute Gasteiger partial charge is 0.148 e. The molecule has 0 bridgehead atoms. The van der Waals surface area contributed by atoms with Gasteiger partial charge in [-0.25, -0.2) is 4.39 Å². The third-order valence-electron chi connectivity index (χ3n) is 1.20. The monoisotopic (exact) mass is 228 g/mol. The summed E-state index contributed by atoms with van der Waals surface area (Å²) in [5, 5.41) is 0. The average molecular weight is 229 g/mol. The highest BCUT2D eigenvalue weighted by Crippen LogP contribution is 2.25. The van der Waals surface area contributed by atoms with Crippen LogP contribution in [0.4, 0.5) is 4.39 Å². The summed E-state index contributed by atoms with van der Waals surface area (Å²) >= 11 is 3.20. The number of ether oxygens (including phenoxy) is 1. The van der Waals surface area contributed by atoms with Gasteiger partial charge in [0, 0.05) is 6.07 Å². The molecule has 0 heterocycles. The molecule has 0 saturated heterocycles. The highest BCUT2D eigenvalue weighted by molar-refractivity contribution is 9.10. The maximum absolute atomic E-state index is 12.6. The Bertz CT molecular complexity index is 317. The van der Waals surface area contributed by atoms with E-state index in [1.165, 1.54) is 12.1 Å². The maximum atomic E-state index is 12.6. The van der Waals surface area contributed by atoms with Gasteiger partial charge in [0.15, 0.2) is 0 Å². The quantitative estimate of drug-likeness (QED) is 0.708. The summed E-state index contributed by atoms with van der Waals surface area (Å²) in [6, 6.07) is 4.19. The van der Waals surface area contributed by atoms with Crippen LogP contribution in [0.25, 0.3) is 0 Å². The van der Waals surface area contributed by atoms with Crippen molar-refractivity contribution in [2.24, 2.45) is 0 Å². The fourth-order valence-corrected chi connectivity index (χ4v) is 1.07. The Balaban J connectivity index is 2.84. The van der Waals surface area contributed by atoms with Crippen molar-refractivity contribution in [3.63, 3.8) is 0 Å². The standard InChI is InChI=1S/C9H6BrFO/c1-2-5-12-9-6-7(11)3-4-8(9)10/h1,3-4,6H,5H2. The van der Waals surface area contributed by atoms with E-state index >= 15 is 0 Å². The first-order chi connectivity index (χ1) is 5.74. The molecule has 0 aliphatic heterocycles. The molecule has 0 spiro atoms. The lowest BCUT2D eigenvalue weighted by Crippen LogP contribution is -1.94. The van der Waals surface area contributed by atoms with Crippen molar-refractivity contribution in [3.8, 4) is 18.1 Å². The van der Waals surface area contributed by atoms with Gasteiger partial charge in [-0.3, -0.25) is 0 Å². The van der Waals surface area contributed by atoms with E-state index < -0.39 is 0 Å². The molecule has 0 unspecified atom stereocenters. The molecular formula is C9H6BrFO. The molecule has 0 aliphatic carbocycles. The Morgan fingerprint density at radius 3 is 3.00 bits per heavy atom. The summed E-state index contributed by atoms with van der Waals surface area (Å²) in [6.07, 6.45) is 4.98. The first-order valence-electron chi connectivity index (χ1n) is 3.25. The Hall–Kier alpha value is -1.01. The van der Waals surface area contributed by atoms with Crippen molar-refractivity contribution in [3.05, 3.63) is 28.5 Å². The molecule has 62 valence electrons. The van der Waals surface area contributed by atoms with Crippen molar-refractivity contribution < 1.29 is 9.13 Å². The molecule has 1 nitrogen and oxygen atoms in total. The van der Waals surface area contributed by atoms with E-state index in [4.69, 9.17) is 11.2 Å². The van der Waals surface area contributed by atoms with Gasteiger partial charge in [0.2, 0.25) is 0 Å². The Labute approximate surface area is 78.7 Å². The zero-order valence-electron chi connectivity index (χ0n) is 6.18. The molecule has 3 heteroatoms. The predicted molar refractivity (Wildman–Crippen MR) is 48.4 cm³/mol. The van der Waals surface area contributed by atoms with Crippen LogP contribution in [0.3, 0.4) is 0 Å². The molecule has 0 aromatic heterocycles. The van der Waals surface area contributed by atoms with Crippen LogP contribution in [-0.2, 0) is 0 Å². The summed E-state index contributed by atoms with van der Waals surface area (Å²) in [4.78, 5) is 0. The molecule has 1 aromatic rings. The van der Waals surface area contributed by atoms with Gasteiger partial charge in [0.25, 0.3) is 0 Å². The van der Waals surface area contributed by atoms with E-state index in [-0.39, 0.29) is 12.4 Å². The summed E-state index contributed by atoms with van der Waals surface area (Å²) in [5.41, 5.74) is 0. The van der Waals surface area contributed by atoms with Crippen molar-refractivity contribution >= 4 is 15.9 Å². The average Bonchev–Trinajstić information content (AvgIpc) is 2.07. The van der Waals surface area contributed by atoms with E-state index in [0.29, 0.717) is 10.2 Å². The van der Waals surface area contributed by atoms with Crippen LogP contribution < -0.4 is 4.74 Å². The molecule has 0 atom stereocenters. The molecule has 1 aromatic carbocycles. The Morgan fingerprint density at radius 2 is 2.33 bits per heavy atom. The molecule has 0 radical (unpaired) electrons. The zero-order valence-corrected chi connectivity index (χ0v) is 7.77. The third kappa shape index (κ3) is 2.24. The largest absolute Gasteiger partial charge is 0.480 e. The molecule has 0 N–H and O–H groups in total. The van der Waals surface area contributed by atoms with Gasteiger partial charge in [-0.1, -0.05) is 5.92 Å². The second-order valence-electron chi connectivity index (χ2n) is 2.07. The molecular weight excluding hydrogens is 223 g/mol. The SMILES string of the molecule is C#CCOc1cc(F)ccc1Br. The topological polar surface area (TPSA) is 9.23 Å². The molecule has 0 aliphatic rings. The molecule has 0 saturated carbocycles. The highest BCUT2D eigenvalue weighted by atomic mass is 79.9. The Kier molecular flexibility index (Phi) is 3.12. The van der Waals surface area contributed by atoms with E-state index in [1.54, 1.807) is 6.07 Å². The fraction of sp³-hybridized carbons (Fsp3) is 0.111. The van der Waals surface area contributed by atoms with Crippen molar-refractivity contribution in [1.29, 1.82) is 0 Å². The predicted octanol–water partition coefficient (Wildman–Crippen LogP) is 2.60. The van der Waals surface area contributed by atoms with Crippen molar-refractivity contribution in [2.75, 3.05) is 6.61 Å². The van der Waals surface area contributed by atoms with Crippen LogP contribution in [0.2, 0.25) is 0 Å². The van der Waals surface area contributed by atoms with Crippen LogP contribution in [0.15, 0.2) is 22.7 Å². The first kappa shape index (κ1) is 9.08. The second-order valence-corrected chi connectivity index (χ2v) is 2.92. The maximum Gasteiger partial charge on any atom is 0.148 e. The minimum atomic E-state index is -0.342. The number of hydrogen-bond donors (Lipinski definition) is 0. The third-order valence-corrected chi connectivity index (χ3v) is 1.86. The van der Waals surface area contributed by atoms with Gasteiger partial charge >= 0.3 is 0 Å². The van der Waals surface area contributed by atoms with Crippen LogP contribution in [0.1, 0.15) is 0 Å². The lowest BCUT2D eigenvalue weighted by molar-refractivity contribution is 0.365. The Morgan fingerprint density at radius 1 is 1.58 bits per heavy atom. The number of terminal acetylenes is 1. The number of rotatable bonds is 2. The summed E-state index contributed by atoms with van der Waals surface area (Å²) < 4.78 is 18.4. The van der Waals surface area contributed by atoms with Gasteiger partial charge in [-0.15, -0.1) is 6.42 Å². The van der Waals surface area contributed by atoms with Gasteiger partial charge in [-0.2, -0.15) is 0 Å². The minimum absolute atomic E-state index is 0.141. The molecule has 0 fully saturated rings. The van der Waals surface area contributed by atoms with Crippen molar-refractivity contribution in [2.45, 2.75) is 0 Å². The van der Waals surface area contributed by atoms with E-state index in [2.05, 4.69) is 21.9 Å². The van der Waals surface area contributed by atoms with E-state index in [0.717, 1.165) is 0 Å². The number of hydrogen-bond acceptors (Lipinski definition) is 1. The van der Waals surface area contributed by atoms with Gasteiger partial charge in [0.1, 0.15) is 18.2 Å². The summed E-state index contributed by atoms with van der Waals surface area (Å²) in [5.74, 6) is 2.38. The molecule has 12 heavy (non-hydrogen) atoms. The number of halogens is 2. The van der Waals surface area contributed by atoms with Gasteiger partial charge < -0.3 is 4.74 Å².